The van der Waals surface area contributed by atoms with E-state index in [1.807, 2.05) is 47.9 Å². The van der Waals surface area contributed by atoms with Gasteiger partial charge in [0.25, 0.3) is 0 Å². The maximum absolute atomic E-state index is 12.9. The molecule has 0 bridgehead atoms. The number of rotatable bonds is 6. The first-order chi connectivity index (χ1) is 12.2. The fraction of sp³-hybridized carbons (Fsp3) is 0.167. The van der Waals surface area contributed by atoms with Gasteiger partial charge >= 0.3 is 0 Å². The lowest BCUT2D eigenvalue weighted by Crippen LogP contribution is -2.14. The number of nitrogens with one attached hydrogen (secondary N) is 1. The van der Waals surface area contributed by atoms with Crippen LogP contribution in [0.3, 0.4) is 0 Å². The van der Waals surface area contributed by atoms with Crippen LogP contribution in [-0.2, 0) is 6.54 Å². The van der Waals surface area contributed by atoms with Gasteiger partial charge in [-0.25, -0.2) is 0 Å². The molecule has 3 aromatic heterocycles. The maximum Gasteiger partial charge on any atom is 0.192 e. The van der Waals surface area contributed by atoms with Gasteiger partial charge in [0.1, 0.15) is 12.1 Å². The van der Waals surface area contributed by atoms with E-state index in [1.54, 1.807) is 18.8 Å². The number of fused-ring (bicyclic) bond motifs is 1. The molecule has 0 saturated heterocycles. The molecule has 1 N–H and O–H groups in total. The lowest BCUT2D eigenvalue weighted by Gasteiger charge is -2.10. The molecule has 4 rings (SSSR count). The van der Waals surface area contributed by atoms with Crippen LogP contribution in [0.15, 0.2) is 64.8 Å². The Bertz CT molecular complexity index is 1000. The highest BCUT2D eigenvalue weighted by atomic mass is 32.2. The summed E-state index contributed by atoms with van der Waals surface area (Å²) < 4.78 is 7.24. The summed E-state index contributed by atoms with van der Waals surface area (Å²) in [4.78, 5) is 16.0. The van der Waals surface area contributed by atoms with Crippen LogP contribution in [0.25, 0.3) is 10.9 Å². The van der Waals surface area contributed by atoms with Crippen molar-refractivity contribution >= 4 is 28.4 Å². The third kappa shape index (κ3) is 3.10. The first-order valence-corrected chi connectivity index (χ1v) is 8.77. The van der Waals surface area contributed by atoms with Crippen LogP contribution < -0.4 is 0 Å². The van der Waals surface area contributed by atoms with Crippen LogP contribution in [0.4, 0.5) is 0 Å². The summed E-state index contributed by atoms with van der Waals surface area (Å²) in [6.07, 6.45) is 5.06. The van der Waals surface area contributed by atoms with Gasteiger partial charge in [0, 0.05) is 22.7 Å². The van der Waals surface area contributed by atoms with Gasteiger partial charge in [-0.3, -0.25) is 4.79 Å². The number of para-hydroxylation sites is 1. The van der Waals surface area contributed by atoms with Crippen molar-refractivity contribution in [3.05, 3.63) is 66.5 Å². The van der Waals surface area contributed by atoms with Gasteiger partial charge in [0.15, 0.2) is 10.9 Å². The summed E-state index contributed by atoms with van der Waals surface area (Å²) in [7, 11) is 0. The lowest BCUT2D eigenvalue weighted by molar-refractivity contribution is 0.0995. The summed E-state index contributed by atoms with van der Waals surface area (Å²) in [6, 6.07) is 11.5. The number of ketones is 1. The molecule has 4 aromatic rings. The Morgan fingerprint density at radius 3 is 3.04 bits per heavy atom. The van der Waals surface area contributed by atoms with Crippen LogP contribution in [0.5, 0.6) is 0 Å². The van der Waals surface area contributed by atoms with E-state index in [-0.39, 0.29) is 11.0 Å². The fourth-order valence-corrected chi connectivity index (χ4v) is 3.61. The molecule has 0 aliphatic rings. The minimum atomic E-state index is -0.279. The zero-order chi connectivity index (χ0) is 17.2. The molecule has 0 unspecified atom stereocenters. The largest absolute Gasteiger partial charge is 0.467 e. The van der Waals surface area contributed by atoms with Gasteiger partial charge < -0.3 is 14.0 Å². The van der Waals surface area contributed by atoms with Crippen LogP contribution in [0, 0.1) is 0 Å². The van der Waals surface area contributed by atoms with Crippen molar-refractivity contribution in [1.29, 1.82) is 0 Å². The molecule has 7 heteroatoms. The number of carbonyl (C=O) groups excluding carboxylic acids is 1. The molecule has 0 saturated carbocycles. The molecule has 3 heterocycles. The average Bonchev–Trinajstić information content (AvgIpc) is 3.36. The number of thioether (sulfide) groups is 1. The summed E-state index contributed by atoms with van der Waals surface area (Å²) in [6.45, 7) is 2.43. The van der Waals surface area contributed by atoms with E-state index in [0.29, 0.717) is 17.3 Å². The molecule has 6 nitrogen and oxygen atoms in total. The monoisotopic (exact) mass is 352 g/mol. The van der Waals surface area contributed by atoms with Crippen molar-refractivity contribution in [3.63, 3.8) is 0 Å². The Balaban J connectivity index is 1.53. The fourth-order valence-electron chi connectivity index (χ4n) is 2.72. The number of aromatic nitrogens is 4. The van der Waals surface area contributed by atoms with Gasteiger partial charge in [-0.2, -0.15) is 0 Å². The summed E-state index contributed by atoms with van der Waals surface area (Å²) in [5.41, 5.74) is 1.66. The van der Waals surface area contributed by atoms with Crippen molar-refractivity contribution in [2.24, 2.45) is 0 Å². The molecule has 0 spiro atoms. The predicted molar refractivity (Wildman–Crippen MR) is 95.8 cm³/mol. The Hall–Kier alpha value is -2.80. The molecular weight excluding hydrogens is 336 g/mol. The number of benzene rings is 1. The van der Waals surface area contributed by atoms with E-state index in [2.05, 4.69) is 15.2 Å². The summed E-state index contributed by atoms with van der Waals surface area (Å²) in [5, 5.41) is 9.45. The zero-order valence-electron chi connectivity index (χ0n) is 13.5. The van der Waals surface area contributed by atoms with Gasteiger partial charge in [-0.1, -0.05) is 30.0 Å². The van der Waals surface area contributed by atoms with Gasteiger partial charge in [-0.15, -0.1) is 10.2 Å². The Labute approximate surface area is 148 Å². The molecule has 0 aliphatic carbocycles. The molecule has 0 amide bonds. The highest BCUT2D eigenvalue weighted by Gasteiger charge is 2.22. The molecule has 1 atom stereocenters. The highest BCUT2D eigenvalue weighted by molar-refractivity contribution is 8.00. The molecule has 0 fully saturated rings. The Kier molecular flexibility index (Phi) is 4.15. The van der Waals surface area contributed by atoms with Crippen molar-refractivity contribution in [3.8, 4) is 0 Å². The number of carbonyl (C=O) groups is 1. The average molecular weight is 352 g/mol. The number of aromatic amines is 1. The Morgan fingerprint density at radius 2 is 2.20 bits per heavy atom. The lowest BCUT2D eigenvalue weighted by atomic mass is 10.1. The van der Waals surface area contributed by atoms with E-state index < -0.39 is 0 Å². The second-order valence-electron chi connectivity index (χ2n) is 5.69. The first-order valence-electron chi connectivity index (χ1n) is 7.89. The van der Waals surface area contributed by atoms with Crippen LogP contribution in [0.2, 0.25) is 0 Å². The zero-order valence-corrected chi connectivity index (χ0v) is 14.4. The number of H-pyrrole nitrogens is 1. The second kappa shape index (κ2) is 6.60. The molecule has 126 valence electrons. The molecule has 0 radical (unpaired) electrons. The van der Waals surface area contributed by atoms with Crippen LogP contribution in [-0.4, -0.2) is 30.8 Å². The highest BCUT2D eigenvalue weighted by Crippen LogP contribution is 2.27. The molecule has 1 aromatic carbocycles. The predicted octanol–water partition coefficient (Wildman–Crippen LogP) is 3.76. The summed E-state index contributed by atoms with van der Waals surface area (Å²) >= 11 is 1.40. The number of nitrogens with zero attached hydrogens (tertiary/aromatic N) is 3. The van der Waals surface area contributed by atoms with E-state index in [0.717, 1.165) is 16.7 Å². The van der Waals surface area contributed by atoms with Crippen LogP contribution >= 0.6 is 11.8 Å². The topological polar surface area (TPSA) is 76.7 Å². The van der Waals surface area contributed by atoms with Crippen molar-refractivity contribution in [2.75, 3.05) is 0 Å². The third-order valence-corrected chi connectivity index (χ3v) is 5.09. The van der Waals surface area contributed by atoms with Crippen molar-refractivity contribution < 1.29 is 9.21 Å². The number of Topliss-reactive ketones (excluding diaryl/α,β-unsaturated/α-hetero) is 1. The third-order valence-electron chi connectivity index (χ3n) is 3.99. The normalized spacial score (nSPS) is 12.5. The van der Waals surface area contributed by atoms with E-state index in [1.165, 1.54) is 11.8 Å². The summed E-state index contributed by atoms with van der Waals surface area (Å²) in [5.74, 6) is 0.882. The second-order valence-corrected chi connectivity index (χ2v) is 7.00. The Morgan fingerprint density at radius 1 is 1.32 bits per heavy atom. The number of hydrogen-bond acceptors (Lipinski definition) is 5. The standard InChI is InChI=1S/C18H16N4O2S/c1-12(17(23)15-9-19-16-7-3-2-6-14(15)16)25-18-21-20-11-22(18)10-13-5-4-8-24-13/h2-9,11-12,19H,10H2,1H3/t12-/m1/s1. The van der Waals surface area contributed by atoms with Crippen molar-refractivity contribution in [1.82, 2.24) is 19.7 Å². The minimum absolute atomic E-state index is 0.0648. The first kappa shape index (κ1) is 15.7. The maximum atomic E-state index is 12.9. The van der Waals surface area contributed by atoms with Gasteiger partial charge in [0.2, 0.25) is 0 Å². The van der Waals surface area contributed by atoms with Crippen LogP contribution in [0.1, 0.15) is 23.0 Å². The number of hydrogen-bond donors (Lipinski definition) is 1. The van der Waals surface area contributed by atoms with Gasteiger partial charge in [-0.05, 0) is 25.1 Å². The van der Waals surface area contributed by atoms with E-state index in [9.17, 15) is 4.79 Å². The van der Waals surface area contributed by atoms with E-state index in [4.69, 9.17) is 4.42 Å². The van der Waals surface area contributed by atoms with Crippen molar-refractivity contribution in [2.45, 2.75) is 23.9 Å². The smallest absolute Gasteiger partial charge is 0.192 e. The number of furan rings is 1. The molecule has 25 heavy (non-hydrogen) atoms. The SMILES string of the molecule is C[C@@H](Sc1nncn1Cc1ccco1)C(=O)c1c[nH]c2ccccc12. The minimum Gasteiger partial charge on any atom is -0.467 e. The van der Waals surface area contributed by atoms with Gasteiger partial charge in [0.05, 0.1) is 18.1 Å². The van der Waals surface area contributed by atoms with E-state index >= 15 is 0 Å². The molecular formula is C18H16N4O2S. The quantitative estimate of drug-likeness (QED) is 0.422. The molecule has 0 aliphatic heterocycles.